The van der Waals surface area contributed by atoms with Crippen LogP contribution in [0.5, 0.6) is 5.75 Å². The molecule has 1 saturated heterocycles. The third-order valence-corrected chi connectivity index (χ3v) is 8.26. The largest absolute Gasteiger partial charge is 0.495 e. The molecule has 1 N–H and O–H groups in total. The molecule has 8 heteroatoms. The van der Waals surface area contributed by atoms with Crippen LogP contribution in [0.4, 0.5) is 0 Å². The summed E-state index contributed by atoms with van der Waals surface area (Å²) >= 11 is 0. The van der Waals surface area contributed by atoms with Crippen molar-refractivity contribution >= 4 is 22.0 Å². The first-order chi connectivity index (χ1) is 18.0. The minimum Gasteiger partial charge on any atom is -0.495 e. The fourth-order valence-corrected chi connectivity index (χ4v) is 5.99. The first-order valence-corrected chi connectivity index (χ1v) is 13.7. The predicted octanol–water partition coefficient (Wildman–Crippen LogP) is 4.07. The Bertz CT molecular complexity index is 1270. The number of hydrogen-bond acceptors (Lipinski definition) is 5. The summed E-state index contributed by atoms with van der Waals surface area (Å²) in [7, 11) is -2.31. The van der Waals surface area contributed by atoms with E-state index in [9.17, 15) is 13.2 Å². The normalized spacial score (nSPS) is 14.6. The molecule has 0 saturated carbocycles. The molecule has 0 aromatic heterocycles. The quantitative estimate of drug-likeness (QED) is 0.408. The highest BCUT2D eigenvalue weighted by Crippen LogP contribution is 2.29. The molecular weight excluding hydrogens is 488 g/mol. The van der Waals surface area contributed by atoms with Gasteiger partial charge in [-0.1, -0.05) is 66.7 Å². The van der Waals surface area contributed by atoms with Crippen LogP contribution in [0.15, 0.2) is 89.8 Å². The van der Waals surface area contributed by atoms with Gasteiger partial charge in [0.1, 0.15) is 10.6 Å². The second kappa shape index (κ2) is 12.7. The van der Waals surface area contributed by atoms with Gasteiger partial charge in [-0.25, -0.2) is 8.42 Å². The molecule has 0 aliphatic carbocycles. The van der Waals surface area contributed by atoms with E-state index in [1.165, 1.54) is 34.7 Å². The third-order valence-electron chi connectivity index (χ3n) is 6.34. The van der Waals surface area contributed by atoms with Gasteiger partial charge >= 0.3 is 0 Å². The van der Waals surface area contributed by atoms with E-state index >= 15 is 0 Å². The highest BCUT2D eigenvalue weighted by atomic mass is 32.2. The zero-order valence-corrected chi connectivity index (χ0v) is 21.7. The molecule has 4 rings (SSSR count). The van der Waals surface area contributed by atoms with Gasteiger partial charge < -0.3 is 14.8 Å². The van der Waals surface area contributed by atoms with Crippen LogP contribution in [0.3, 0.4) is 0 Å². The molecule has 194 valence electrons. The van der Waals surface area contributed by atoms with Crippen LogP contribution in [0, 0.1) is 0 Å². The summed E-state index contributed by atoms with van der Waals surface area (Å²) in [4.78, 5) is 12.6. The van der Waals surface area contributed by atoms with Crippen LogP contribution in [0.1, 0.15) is 29.0 Å². The van der Waals surface area contributed by atoms with E-state index in [0.717, 1.165) is 6.42 Å². The standard InChI is InChI=1S/C29H32N2O5S/c1-35-27-14-12-23(22-28(27)37(33,34)31-18-20-36-21-19-31)13-15-29(32)30-17-16-26(24-8-4-2-5-9-24)25-10-6-3-7-11-25/h2-15,22,26H,16-21H2,1H3,(H,30,32). The molecule has 0 radical (unpaired) electrons. The predicted molar refractivity (Wildman–Crippen MR) is 144 cm³/mol. The van der Waals surface area contributed by atoms with Gasteiger partial charge in [0.05, 0.1) is 20.3 Å². The van der Waals surface area contributed by atoms with Gasteiger partial charge in [-0.2, -0.15) is 4.31 Å². The smallest absolute Gasteiger partial charge is 0.246 e. The molecule has 1 fully saturated rings. The summed E-state index contributed by atoms with van der Waals surface area (Å²) in [5.74, 6) is 0.190. The van der Waals surface area contributed by atoms with E-state index in [1.54, 1.807) is 18.2 Å². The van der Waals surface area contributed by atoms with Crippen molar-refractivity contribution in [3.63, 3.8) is 0 Å². The average molecular weight is 521 g/mol. The van der Waals surface area contributed by atoms with Crippen LogP contribution < -0.4 is 10.1 Å². The molecule has 0 unspecified atom stereocenters. The molecule has 1 aliphatic heterocycles. The van der Waals surface area contributed by atoms with Crippen molar-refractivity contribution in [3.05, 3.63) is 102 Å². The molecule has 3 aromatic carbocycles. The van der Waals surface area contributed by atoms with Crippen molar-refractivity contribution in [2.45, 2.75) is 17.2 Å². The number of rotatable bonds is 10. The number of nitrogens with one attached hydrogen (secondary N) is 1. The highest BCUT2D eigenvalue weighted by molar-refractivity contribution is 7.89. The van der Waals surface area contributed by atoms with Crippen LogP contribution >= 0.6 is 0 Å². The van der Waals surface area contributed by atoms with Gasteiger partial charge in [0.2, 0.25) is 15.9 Å². The molecule has 0 spiro atoms. The fraction of sp³-hybridized carbons (Fsp3) is 0.276. The van der Waals surface area contributed by atoms with Crippen molar-refractivity contribution in [2.75, 3.05) is 40.0 Å². The van der Waals surface area contributed by atoms with Crippen LogP contribution in [0.2, 0.25) is 0 Å². The van der Waals surface area contributed by atoms with Crippen LogP contribution in [0.25, 0.3) is 6.08 Å². The average Bonchev–Trinajstić information content (AvgIpc) is 2.95. The number of benzene rings is 3. The zero-order valence-electron chi connectivity index (χ0n) is 20.9. The lowest BCUT2D eigenvalue weighted by atomic mass is 9.88. The van der Waals surface area contributed by atoms with E-state index in [1.807, 2.05) is 36.4 Å². The Hall–Kier alpha value is -3.46. The summed E-state index contributed by atoms with van der Waals surface area (Å²) in [6.07, 6.45) is 3.78. The van der Waals surface area contributed by atoms with Gasteiger partial charge in [-0.05, 0) is 41.3 Å². The molecule has 1 amide bonds. The number of amides is 1. The molecule has 7 nitrogen and oxygen atoms in total. The monoisotopic (exact) mass is 520 g/mol. The maximum atomic E-state index is 13.2. The first kappa shape index (κ1) is 26.6. The number of carbonyl (C=O) groups excluding carboxylic acids is 1. The maximum absolute atomic E-state index is 13.2. The molecule has 3 aromatic rings. The lowest BCUT2D eigenvalue weighted by molar-refractivity contribution is -0.116. The number of ether oxygens (including phenoxy) is 2. The fourth-order valence-electron chi connectivity index (χ4n) is 4.39. The van der Waals surface area contributed by atoms with Gasteiger partial charge in [0, 0.05) is 31.6 Å². The second-order valence-electron chi connectivity index (χ2n) is 8.71. The minimum absolute atomic E-state index is 0.0769. The van der Waals surface area contributed by atoms with Gasteiger partial charge in [0.25, 0.3) is 0 Å². The maximum Gasteiger partial charge on any atom is 0.246 e. The van der Waals surface area contributed by atoms with Crippen molar-refractivity contribution in [2.24, 2.45) is 0 Å². The molecule has 1 aliphatic rings. The number of methoxy groups -OCH3 is 1. The van der Waals surface area contributed by atoms with E-state index in [2.05, 4.69) is 29.6 Å². The first-order valence-electron chi connectivity index (χ1n) is 12.3. The molecule has 37 heavy (non-hydrogen) atoms. The Morgan fingerprint density at radius 1 is 1.00 bits per heavy atom. The van der Waals surface area contributed by atoms with E-state index in [-0.39, 0.29) is 22.5 Å². The van der Waals surface area contributed by atoms with Crippen molar-refractivity contribution in [3.8, 4) is 5.75 Å². The minimum atomic E-state index is -3.75. The Morgan fingerprint density at radius 3 is 2.22 bits per heavy atom. The van der Waals surface area contributed by atoms with E-state index < -0.39 is 10.0 Å². The van der Waals surface area contributed by atoms with Gasteiger partial charge in [-0.15, -0.1) is 0 Å². The SMILES string of the molecule is COc1ccc(C=CC(=O)NCCC(c2ccccc2)c2ccccc2)cc1S(=O)(=O)N1CCOCC1. The van der Waals surface area contributed by atoms with Crippen LogP contribution in [-0.2, 0) is 19.6 Å². The zero-order chi connectivity index (χ0) is 26.1. The number of carbonyl (C=O) groups is 1. The Kier molecular flexibility index (Phi) is 9.11. The Balaban J connectivity index is 1.41. The van der Waals surface area contributed by atoms with Gasteiger partial charge in [-0.3, -0.25) is 4.79 Å². The summed E-state index contributed by atoms with van der Waals surface area (Å²) < 4.78 is 38.4. The van der Waals surface area contributed by atoms with Crippen molar-refractivity contribution in [1.29, 1.82) is 0 Å². The molecular formula is C29H32N2O5S. The summed E-state index contributed by atoms with van der Waals surface area (Å²) in [6, 6.07) is 25.4. The van der Waals surface area contributed by atoms with E-state index in [0.29, 0.717) is 38.4 Å². The topological polar surface area (TPSA) is 84.9 Å². The number of sulfonamides is 1. The third kappa shape index (κ3) is 6.85. The summed E-state index contributed by atoms with van der Waals surface area (Å²) in [6.45, 7) is 1.80. The Labute approximate surface area is 218 Å². The second-order valence-corrected chi connectivity index (χ2v) is 10.6. The van der Waals surface area contributed by atoms with E-state index in [4.69, 9.17) is 9.47 Å². The number of nitrogens with zero attached hydrogens (tertiary/aromatic N) is 1. The highest BCUT2D eigenvalue weighted by Gasteiger charge is 2.29. The summed E-state index contributed by atoms with van der Waals surface area (Å²) in [5, 5.41) is 2.95. The van der Waals surface area contributed by atoms with Crippen LogP contribution in [-0.4, -0.2) is 58.6 Å². The van der Waals surface area contributed by atoms with Gasteiger partial charge in [0.15, 0.2) is 0 Å². The molecule has 0 atom stereocenters. The molecule has 1 heterocycles. The lowest BCUT2D eigenvalue weighted by Crippen LogP contribution is -2.40. The lowest BCUT2D eigenvalue weighted by Gasteiger charge is -2.26. The van der Waals surface area contributed by atoms with Crippen molar-refractivity contribution in [1.82, 2.24) is 9.62 Å². The number of morpholine rings is 1. The Morgan fingerprint density at radius 2 is 1.62 bits per heavy atom. The number of hydrogen-bond donors (Lipinski definition) is 1. The summed E-state index contributed by atoms with van der Waals surface area (Å²) in [5.41, 5.74) is 2.99. The molecule has 0 bridgehead atoms. The van der Waals surface area contributed by atoms with Crippen molar-refractivity contribution < 1.29 is 22.7 Å².